The lowest BCUT2D eigenvalue weighted by Gasteiger charge is -2.17. The number of aromatic nitrogens is 2. The zero-order valence-corrected chi connectivity index (χ0v) is 19.8. The zero-order chi connectivity index (χ0) is 23.8. The highest BCUT2D eigenvalue weighted by Crippen LogP contribution is 2.36. The largest absolute Gasteiger partial charge is 0.496 e. The first-order valence-corrected chi connectivity index (χ1v) is 11.4. The molecule has 0 aliphatic carbocycles. The highest BCUT2D eigenvalue weighted by molar-refractivity contribution is 6.12. The molecule has 0 spiro atoms. The molecule has 1 atom stereocenters. The lowest BCUT2D eigenvalue weighted by molar-refractivity contribution is 0.102. The normalized spacial score (nSPS) is 12.1. The van der Waals surface area contributed by atoms with Crippen molar-refractivity contribution in [3.8, 4) is 5.75 Å². The van der Waals surface area contributed by atoms with Gasteiger partial charge in [-0.05, 0) is 43.2 Å². The number of amides is 1. The molecule has 5 rings (SSSR count). The van der Waals surface area contributed by atoms with Crippen molar-refractivity contribution >= 4 is 33.4 Å². The van der Waals surface area contributed by atoms with Crippen molar-refractivity contribution in [2.45, 2.75) is 26.7 Å². The van der Waals surface area contributed by atoms with Gasteiger partial charge in [0, 0.05) is 33.5 Å². The Morgan fingerprint density at radius 2 is 1.65 bits per heavy atom. The van der Waals surface area contributed by atoms with Gasteiger partial charge in [-0.15, -0.1) is 0 Å². The number of fused-ring (bicyclic) bond motifs is 3. The Balaban J connectivity index is 1.69. The molecule has 5 aromatic rings. The molecule has 5 heteroatoms. The van der Waals surface area contributed by atoms with E-state index in [1.807, 2.05) is 80.6 Å². The molecule has 0 fully saturated rings. The van der Waals surface area contributed by atoms with E-state index in [9.17, 15) is 4.79 Å². The number of rotatable bonds is 5. The van der Waals surface area contributed by atoms with Crippen LogP contribution < -0.4 is 10.1 Å². The molecule has 2 aromatic heterocycles. The van der Waals surface area contributed by atoms with E-state index in [4.69, 9.17) is 9.72 Å². The third kappa shape index (κ3) is 3.69. The topological polar surface area (TPSA) is 67.0 Å². The molecule has 2 heterocycles. The summed E-state index contributed by atoms with van der Waals surface area (Å²) in [5.74, 6) is 0.476. The molecule has 0 radical (unpaired) electrons. The highest BCUT2D eigenvalue weighted by atomic mass is 16.5. The first-order chi connectivity index (χ1) is 16.5. The predicted molar refractivity (Wildman–Crippen MR) is 138 cm³/mol. The fraction of sp³-hybridized carbons (Fsp3) is 0.172. The number of para-hydroxylation sites is 3. The SMILES string of the molecule is COc1ccccc1C(C)c1nc(C(=O)Nc2c(C)cccc2C)cc2c1[nH]c1ccccc12. The Morgan fingerprint density at radius 1 is 0.941 bits per heavy atom. The van der Waals surface area contributed by atoms with Crippen LogP contribution in [0.15, 0.2) is 72.8 Å². The number of aryl methyl sites for hydroxylation is 2. The van der Waals surface area contributed by atoms with Gasteiger partial charge in [0.25, 0.3) is 5.91 Å². The number of nitrogens with one attached hydrogen (secondary N) is 2. The summed E-state index contributed by atoms with van der Waals surface area (Å²) in [6.45, 7) is 6.08. The molecule has 1 unspecified atom stereocenters. The van der Waals surface area contributed by atoms with Gasteiger partial charge in [-0.25, -0.2) is 4.98 Å². The number of hydrogen-bond acceptors (Lipinski definition) is 3. The van der Waals surface area contributed by atoms with E-state index in [1.54, 1.807) is 7.11 Å². The molecule has 0 aliphatic heterocycles. The molecule has 0 bridgehead atoms. The number of nitrogens with zero attached hydrogens (tertiary/aromatic N) is 1. The minimum absolute atomic E-state index is 0.0975. The average Bonchev–Trinajstić information content (AvgIpc) is 3.24. The third-order valence-electron chi connectivity index (χ3n) is 6.49. The lowest BCUT2D eigenvalue weighted by Crippen LogP contribution is -2.17. The van der Waals surface area contributed by atoms with Crippen LogP contribution in [-0.2, 0) is 0 Å². The second-order valence-corrected chi connectivity index (χ2v) is 8.67. The average molecular weight is 450 g/mol. The van der Waals surface area contributed by atoms with Crippen molar-refractivity contribution in [1.29, 1.82) is 0 Å². The van der Waals surface area contributed by atoms with Crippen molar-refractivity contribution < 1.29 is 9.53 Å². The number of ether oxygens (including phenoxy) is 1. The number of anilines is 1. The van der Waals surface area contributed by atoms with Crippen LogP contribution in [0.5, 0.6) is 5.75 Å². The number of H-pyrrole nitrogens is 1. The molecule has 1 amide bonds. The Bertz CT molecular complexity index is 1510. The van der Waals surface area contributed by atoms with Crippen LogP contribution in [0.2, 0.25) is 0 Å². The molecular weight excluding hydrogens is 422 g/mol. The number of benzene rings is 3. The van der Waals surface area contributed by atoms with E-state index in [1.165, 1.54) is 0 Å². The highest BCUT2D eigenvalue weighted by Gasteiger charge is 2.23. The van der Waals surface area contributed by atoms with Crippen molar-refractivity contribution in [2.24, 2.45) is 0 Å². The Labute approximate surface area is 198 Å². The fourth-order valence-electron chi connectivity index (χ4n) is 4.66. The van der Waals surface area contributed by atoms with E-state index in [0.29, 0.717) is 5.69 Å². The summed E-state index contributed by atoms with van der Waals surface area (Å²) in [4.78, 5) is 21.9. The minimum atomic E-state index is -0.224. The van der Waals surface area contributed by atoms with E-state index in [2.05, 4.69) is 23.3 Å². The first kappa shape index (κ1) is 21.7. The maximum absolute atomic E-state index is 13.4. The first-order valence-electron chi connectivity index (χ1n) is 11.4. The second-order valence-electron chi connectivity index (χ2n) is 8.67. The van der Waals surface area contributed by atoms with Crippen LogP contribution in [0.25, 0.3) is 21.8 Å². The molecule has 3 aromatic carbocycles. The molecule has 2 N–H and O–H groups in total. The van der Waals surface area contributed by atoms with Gasteiger partial charge >= 0.3 is 0 Å². The van der Waals surface area contributed by atoms with E-state index in [0.717, 1.165) is 55.6 Å². The predicted octanol–water partition coefficient (Wildman–Crippen LogP) is 6.75. The van der Waals surface area contributed by atoms with Gasteiger partial charge in [0.2, 0.25) is 0 Å². The molecule has 0 aliphatic rings. The Hall–Kier alpha value is -4.12. The summed E-state index contributed by atoms with van der Waals surface area (Å²) in [7, 11) is 1.67. The summed E-state index contributed by atoms with van der Waals surface area (Å²) in [6, 6.07) is 23.9. The number of pyridine rings is 1. The quantitative estimate of drug-likeness (QED) is 0.312. The number of aromatic amines is 1. The van der Waals surface area contributed by atoms with Crippen LogP contribution in [0.4, 0.5) is 5.69 Å². The summed E-state index contributed by atoms with van der Waals surface area (Å²) >= 11 is 0. The monoisotopic (exact) mass is 449 g/mol. The summed E-state index contributed by atoms with van der Waals surface area (Å²) < 4.78 is 5.62. The fourth-order valence-corrected chi connectivity index (χ4v) is 4.66. The summed E-state index contributed by atoms with van der Waals surface area (Å²) in [5.41, 5.74) is 7.02. The third-order valence-corrected chi connectivity index (χ3v) is 6.49. The molecule has 0 saturated carbocycles. The summed E-state index contributed by atoms with van der Waals surface area (Å²) in [5, 5.41) is 5.14. The number of hydrogen-bond donors (Lipinski definition) is 2. The van der Waals surface area contributed by atoms with E-state index in [-0.39, 0.29) is 11.8 Å². The van der Waals surface area contributed by atoms with Crippen molar-refractivity contribution in [1.82, 2.24) is 9.97 Å². The Kier molecular flexibility index (Phi) is 5.54. The smallest absolute Gasteiger partial charge is 0.274 e. The van der Waals surface area contributed by atoms with Crippen LogP contribution in [0.1, 0.15) is 45.7 Å². The van der Waals surface area contributed by atoms with Gasteiger partial charge in [-0.3, -0.25) is 4.79 Å². The van der Waals surface area contributed by atoms with Crippen LogP contribution in [0.3, 0.4) is 0 Å². The van der Waals surface area contributed by atoms with Gasteiger partial charge < -0.3 is 15.0 Å². The van der Waals surface area contributed by atoms with E-state index < -0.39 is 0 Å². The molecular formula is C29H27N3O2. The van der Waals surface area contributed by atoms with Crippen LogP contribution in [-0.4, -0.2) is 23.0 Å². The van der Waals surface area contributed by atoms with Gasteiger partial charge in [0.05, 0.1) is 18.3 Å². The maximum atomic E-state index is 13.4. The van der Waals surface area contributed by atoms with E-state index >= 15 is 0 Å². The summed E-state index contributed by atoms with van der Waals surface area (Å²) in [6.07, 6.45) is 0. The van der Waals surface area contributed by atoms with Crippen molar-refractivity contribution in [3.63, 3.8) is 0 Å². The number of carbonyl (C=O) groups excluding carboxylic acids is 1. The van der Waals surface area contributed by atoms with Crippen molar-refractivity contribution in [3.05, 3.63) is 101 Å². The van der Waals surface area contributed by atoms with Crippen LogP contribution in [0, 0.1) is 13.8 Å². The zero-order valence-electron chi connectivity index (χ0n) is 19.8. The maximum Gasteiger partial charge on any atom is 0.274 e. The minimum Gasteiger partial charge on any atom is -0.496 e. The standard InChI is InChI=1S/C29H27N3O2/c1-17-10-9-11-18(2)26(17)32-29(33)24-16-22-21-13-5-7-14-23(21)30-28(22)27(31-24)19(3)20-12-6-8-15-25(20)34-4/h5-16,19,30H,1-4H3,(H,32,33). The molecule has 34 heavy (non-hydrogen) atoms. The van der Waals surface area contributed by atoms with Gasteiger partial charge in [-0.2, -0.15) is 0 Å². The van der Waals surface area contributed by atoms with Crippen molar-refractivity contribution in [2.75, 3.05) is 12.4 Å². The molecule has 5 nitrogen and oxygen atoms in total. The number of methoxy groups -OCH3 is 1. The second kappa shape index (κ2) is 8.67. The Morgan fingerprint density at radius 3 is 2.41 bits per heavy atom. The van der Waals surface area contributed by atoms with Gasteiger partial charge in [0.1, 0.15) is 11.4 Å². The molecule has 170 valence electrons. The molecule has 0 saturated heterocycles. The van der Waals surface area contributed by atoms with Crippen LogP contribution >= 0.6 is 0 Å². The van der Waals surface area contributed by atoms with Gasteiger partial charge in [-0.1, -0.05) is 61.5 Å². The number of carbonyl (C=O) groups is 1. The van der Waals surface area contributed by atoms with Gasteiger partial charge in [0.15, 0.2) is 0 Å². The lowest BCUT2D eigenvalue weighted by atomic mass is 9.94.